The van der Waals surface area contributed by atoms with Gasteiger partial charge in [0.05, 0.1) is 63.6 Å². The van der Waals surface area contributed by atoms with E-state index in [0.29, 0.717) is 30.4 Å². The Labute approximate surface area is 328 Å². The predicted molar refractivity (Wildman–Crippen MR) is 203 cm³/mol. The Morgan fingerprint density at radius 1 is 0.649 bits per heavy atom. The van der Waals surface area contributed by atoms with Crippen molar-refractivity contribution in [2.45, 2.75) is 58.0 Å². The monoisotopic (exact) mass is 792 g/mol. The first-order chi connectivity index (χ1) is 27.3. The molecule has 0 fully saturated rings. The molecule has 0 radical (unpaired) electrons. The molecule has 2 aliphatic rings. The van der Waals surface area contributed by atoms with Crippen LogP contribution in [0.2, 0.25) is 0 Å². The van der Waals surface area contributed by atoms with Crippen molar-refractivity contribution in [3.63, 3.8) is 0 Å². The molecule has 4 rings (SSSR count). The molecule has 2 aromatic carbocycles. The molecule has 2 heterocycles. The standard InChI is InChI=1S/C39H44N4O14/c1-7-12-24-16-30(38(46)54-5)40(22-24)36(44)26-18-32(52-3)34(20-28(26)42(48)49)56-14-10-9-11-15-57-35-21-29(43(50)51)27(19-33(35)53-4)37(45)41-23-25(13-8-2)17-31(41)39(47)55-6/h7-8,12-13,18-23,30-31H,9-11,14-17H2,1-6H3/b12-7+,13-8+. The molecule has 0 saturated heterocycles. The van der Waals surface area contributed by atoms with E-state index in [1.165, 1.54) is 53.0 Å². The van der Waals surface area contributed by atoms with E-state index in [1.807, 2.05) is 0 Å². The van der Waals surface area contributed by atoms with Crippen molar-refractivity contribution in [2.75, 3.05) is 41.7 Å². The minimum absolute atomic E-state index is 0.0279. The van der Waals surface area contributed by atoms with Gasteiger partial charge in [0.25, 0.3) is 23.2 Å². The molecular formula is C39H44N4O14. The van der Waals surface area contributed by atoms with Crippen LogP contribution >= 0.6 is 0 Å². The summed E-state index contributed by atoms with van der Waals surface area (Å²) in [6.45, 7) is 3.76. The normalized spacial score (nSPS) is 16.3. The lowest BCUT2D eigenvalue weighted by Gasteiger charge is -2.22. The SMILES string of the molecule is C/C=C/C1=CN(C(=O)c2cc(OC)c(OCCCCCOc3cc([N+](=O)[O-])c(C(=O)N4C=C(/C=C/C)CC4C(=O)OC)cc3OC)cc2[N+](=O)[O-])C(C(=O)OC)C1. The van der Waals surface area contributed by atoms with Gasteiger partial charge in [0, 0.05) is 37.4 Å². The Balaban J connectivity index is 1.41. The summed E-state index contributed by atoms with van der Waals surface area (Å²) in [5.74, 6) is -2.74. The number of rotatable bonds is 18. The van der Waals surface area contributed by atoms with Crippen molar-refractivity contribution in [1.82, 2.24) is 9.80 Å². The zero-order valence-corrected chi connectivity index (χ0v) is 32.4. The van der Waals surface area contributed by atoms with Crippen LogP contribution in [0.15, 0.2) is 72.1 Å². The molecular weight excluding hydrogens is 748 g/mol. The van der Waals surface area contributed by atoms with E-state index >= 15 is 0 Å². The number of amides is 2. The Morgan fingerprint density at radius 2 is 1.04 bits per heavy atom. The molecule has 0 N–H and O–H groups in total. The summed E-state index contributed by atoms with van der Waals surface area (Å²) in [5.41, 5.74) is -0.379. The lowest BCUT2D eigenvalue weighted by atomic mass is 10.1. The van der Waals surface area contributed by atoms with Crippen LogP contribution in [0.25, 0.3) is 0 Å². The van der Waals surface area contributed by atoms with Gasteiger partial charge in [0.15, 0.2) is 23.0 Å². The third kappa shape index (κ3) is 9.94. The summed E-state index contributed by atoms with van der Waals surface area (Å²) in [7, 11) is 5.02. The summed E-state index contributed by atoms with van der Waals surface area (Å²) >= 11 is 0. The fourth-order valence-corrected chi connectivity index (χ4v) is 6.31. The Morgan fingerprint density at radius 3 is 1.35 bits per heavy atom. The number of benzene rings is 2. The minimum atomic E-state index is -1.00. The first-order valence-corrected chi connectivity index (χ1v) is 17.8. The van der Waals surface area contributed by atoms with Crippen LogP contribution in [0.1, 0.15) is 66.7 Å². The molecule has 0 spiro atoms. The molecule has 0 saturated carbocycles. The second-order valence-electron chi connectivity index (χ2n) is 12.6. The lowest BCUT2D eigenvalue weighted by molar-refractivity contribution is -0.385. The van der Waals surface area contributed by atoms with Gasteiger partial charge in [-0.05, 0) is 44.3 Å². The maximum Gasteiger partial charge on any atom is 0.329 e. The van der Waals surface area contributed by atoms with Gasteiger partial charge >= 0.3 is 11.9 Å². The zero-order valence-electron chi connectivity index (χ0n) is 32.4. The topological polar surface area (TPSA) is 216 Å². The van der Waals surface area contributed by atoms with Gasteiger partial charge in [-0.15, -0.1) is 0 Å². The molecule has 18 heteroatoms. The van der Waals surface area contributed by atoms with Gasteiger partial charge in [0.1, 0.15) is 23.2 Å². The highest BCUT2D eigenvalue weighted by Gasteiger charge is 2.40. The van der Waals surface area contributed by atoms with E-state index in [9.17, 15) is 39.4 Å². The van der Waals surface area contributed by atoms with Crippen molar-refractivity contribution in [3.8, 4) is 23.0 Å². The Bertz CT molecular complexity index is 1880. The molecule has 0 aliphatic carbocycles. The van der Waals surface area contributed by atoms with Crippen LogP contribution < -0.4 is 18.9 Å². The first kappa shape index (κ1) is 43.0. The number of hydrogen-bond donors (Lipinski definition) is 0. The number of allylic oxidation sites excluding steroid dienone is 4. The highest BCUT2D eigenvalue weighted by atomic mass is 16.6. The average Bonchev–Trinajstić information content (AvgIpc) is 3.83. The van der Waals surface area contributed by atoms with Crippen molar-refractivity contribution < 1.29 is 57.4 Å². The van der Waals surface area contributed by atoms with Gasteiger partial charge < -0.3 is 28.4 Å². The fraction of sp³-hybridized carbons (Fsp3) is 0.385. The van der Waals surface area contributed by atoms with Crippen LogP contribution in [0.5, 0.6) is 23.0 Å². The highest BCUT2D eigenvalue weighted by molar-refractivity contribution is 6.03. The number of unbranched alkanes of at least 4 members (excludes halogenated alkanes) is 2. The largest absolute Gasteiger partial charge is 0.493 e. The van der Waals surface area contributed by atoms with Crippen LogP contribution in [0, 0.1) is 20.2 Å². The lowest BCUT2D eigenvalue weighted by Crippen LogP contribution is -2.39. The summed E-state index contributed by atoms with van der Waals surface area (Å²) in [4.78, 5) is 77.2. The van der Waals surface area contributed by atoms with Crippen molar-refractivity contribution in [2.24, 2.45) is 0 Å². The maximum absolute atomic E-state index is 13.6. The molecule has 304 valence electrons. The minimum Gasteiger partial charge on any atom is -0.493 e. The number of ether oxygens (including phenoxy) is 6. The van der Waals surface area contributed by atoms with E-state index in [2.05, 4.69) is 0 Å². The fourth-order valence-electron chi connectivity index (χ4n) is 6.31. The van der Waals surface area contributed by atoms with E-state index in [0.717, 1.165) is 21.9 Å². The van der Waals surface area contributed by atoms with Gasteiger partial charge in [-0.2, -0.15) is 0 Å². The highest BCUT2D eigenvalue weighted by Crippen LogP contribution is 2.39. The number of hydrogen-bond acceptors (Lipinski definition) is 14. The summed E-state index contributed by atoms with van der Waals surface area (Å²) in [5, 5.41) is 24.2. The second kappa shape index (κ2) is 19.7. The van der Waals surface area contributed by atoms with Gasteiger partial charge in [-0.3, -0.25) is 39.6 Å². The molecule has 2 aromatic rings. The quantitative estimate of drug-likeness (QED) is 0.0750. The molecule has 0 bridgehead atoms. The van der Waals surface area contributed by atoms with Crippen LogP contribution in [-0.2, 0) is 19.1 Å². The van der Waals surface area contributed by atoms with Gasteiger partial charge in [-0.1, -0.05) is 24.3 Å². The average molecular weight is 793 g/mol. The van der Waals surface area contributed by atoms with E-state index in [4.69, 9.17) is 28.4 Å². The molecule has 18 nitrogen and oxygen atoms in total. The number of carbonyl (C=O) groups excluding carboxylic acids is 4. The van der Waals surface area contributed by atoms with E-state index < -0.39 is 57.1 Å². The molecule has 2 unspecified atom stereocenters. The second-order valence-corrected chi connectivity index (χ2v) is 12.6. The first-order valence-electron chi connectivity index (χ1n) is 17.8. The van der Waals surface area contributed by atoms with Crippen molar-refractivity contribution in [3.05, 3.63) is 103 Å². The summed E-state index contributed by atoms with van der Waals surface area (Å²) < 4.78 is 32.2. The third-order valence-corrected chi connectivity index (χ3v) is 9.04. The van der Waals surface area contributed by atoms with Crippen molar-refractivity contribution in [1.29, 1.82) is 0 Å². The Kier molecular flexibility index (Phi) is 14.9. The number of nitro groups is 2. The maximum atomic E-state index is 13.6. The van der Waals surface area contributed by atoms with Crippen LogP contribution in [-0.4, -0.2) is 97.1 Å². The van der Waals surface area contributed by atoms with Crippen molar-refractivity contribution >= 4 is 35.1 Å². The zero-order chi connectivity index (χ0) is 41.8. The molecule has 2 atom stereocenters. The number of nitrogens with zero attached hydrogens (tertiary/aromatic N) is 4. The molecule has 0 aromatic heterocycles. The summed E-state index contributed by atoms with van der Waals surface area (Å²) in [6, 6.07) is 2.58. The third-order valence-electron chi connectivity index (χ3n) is 9.04. The van der Waals surface area contributed by atoms with E-state index in [1.54, 1.807) is 38.2 Å². The van der Waals surface area contributed by atoms with E-state index in [-0.39, 0.29) is 60.2 Å². The van der Waals surface area contributed by atoms with Crippen LogP contribution in [0.4, 0.5) is 11.4 Å². The number of methoxy groups -OCH3 is 4. The Hall–Kier alpha value is -6.72. The van der Waals surface area contributed by atoms with Crippen LogP contribution in [0.3, 0.4) is 0 Å². The molecule has 57 heavy (non-hydrogen) atoms. The van der Waals surface area contributed by atoms with Gasteiger partial charge in [0.2, 0.25) is 0 Å². The van der Waals surface area contributed by atoms with Gasteiger partial charge in [-0.25, -0.2) is 9.59 Å². The summed E-state index contributed by atoms with van der Waals surface area (Å²) in [6.07, 6.45) is 11.7. The molecule has 2 amide bonds. The number of carbonyl (C=O) groups is 4. The predicted octanol–water partition coefficient (Wildman–Crippen LogP) is 5.84. The smallest absolute Gasteiger partial charge is 0.329 e. The number of esters is 2. The molecule has 2 aliphatic heterocycles. The number of nitro benzene ring substituents is 2.